The maximum Gasteiger partial charge on any atom is 0.408 e. The molecule has 2 N–H and O–H groups in total. The van der Waals surface area contributed by atoms with Gasteiger partial charge in [0.25, 0.3) is 0 Å². The summed E-state index contributed by atoms with van der Waals surface area (Å²) in [6, 6.07) is 15.5. The highest BCUT2D eigenvalue weighted by Crippen LogP contribution is 2.23. The lowest BCUT2D eigenvalue weighted by Crippen LogP contribution is -2.39. The van der Waals surface area contributed by atoms with E-state index in [2.05, 4.69) is 5.32 Å². The second-order valence-electron chi connectivity index (χ2n) is 8.28. The van der Waals surface area contributed by atoms with Crippen LogP contribution < -0.4 is 5.32 Å². The van der Waals surface area contributed by atoms with Gasteiger partial charge in [-0.1, -0.05) is 54.1 Å². The van der Waals surface area contributed by atoms with Crippen LogP contribution >= 0.6 is 11.6 Å². The molecule has 31 heavy (non-hydrogen) atoms. The Kier molecular flexibility index (Phi) is 8.69. The van der Waals surface area contributed by atoms with Crippen LogP contribution in [-0.2, 0) is 15.9 Å². The summed E-state index contributed by atoms with van der Waals surface area (Å²) in [5.74, 6) is 0.0924. The van der Waals surface area contributed by atoms with Crippen molar-refractivity contribution in [2.75, 3.05) is 6.61 Å². The lowest BCUT2D eigenvalue weighted by molar-refractivity contribution is 0.0514. The Balaban J connectivity index is 2.20. The molecule has 5 nitrogen and oxygen atoms in total. The Hall–Kier alpha value is -2.79. The van der Waals surface area contributed by atoms with E-state index in [9.17, 15) is 4.79 Å². The number of halogens is 1. The summed E-state index contributed by atoms with van der Waals surface area (Å²) in [6.07, 6.45) is 1.87. The number of rotatable bonds is 7. The Labute approximate surface area is 189 Å². The third kappa shape index (κ3) is 8.46. The standard InChI is InChI=1S/C25H31ClN2O3/c1-6-30-23(27)17(2)14-22(28-24(29)31-25(3,4)5)15-18-10-12-19(13-11-18)20-8-7-9-21(26)16-20/h7-14,16,22,27H,6,15H2,1-5H3,(H,28,29)/b17-14+,27-23?/t22-/m0/s1. The van der Waals surface area contributed by atoms with Gasteiger partial charge in [0.2, 0.25) is 5.90 Å². The molecule has 0 heterocycles. The van der Waals surface area contributed by atoms with Crippen molar-refractivity contribution in [1.29, 1.82) is 5.41 Å². The summed E-state index contributed by atoms with van der Waals surface area (Å²) < 4.78 is 10.7. The van der Waals surface area contributed by atoms with Gasteiger partial charge in [-0.15, -0.1) is 0 Å². The first-order chi connectivity index (χ1) is 14.6. The maximum absolute atomic E-state index is 12.3. The number of ether oxygens (including phenoxy) is 2. The van der Waals surface area contributed by atoms with Crippen LogP contribution in [0, 0.1) is 5.41 Å². The fraction of sp³-hybridized carbons (Fsp3) is 0.360. The van der Waals surface area contributed by atoms with Gasteiger partial charge in [0.1, 0.15) is 5.60 Å². The number of carbonyl (C=O) groups excluding carboxylic acids is 1. The van der Waals surface area contributed by atoms with Crippen molar-refractivity contribution < 1.29 is 14.3 Å². The summed E-state index contributed by atoms with van der Waals surface area (Å²) in [5, 5.41) is 11.6. The van der Waals surface area contributed by atoms with Gasteiger partial charge in [-0.3, -0.25) is 5.41 Å². The average molecular weight is 443 g/mol. The minimum Gasteiger partial charge on any atom is -0.478 e. The van der Waals surface area contributed by atoms with Crippen LogP contribution in [0.3, 0.4) is 0 Å². The first kappa shape index (κ1) is 24.5. The third-order valence-electron chi connectivity index (χ3n) is 4.37. The molecule has 0 aliphatic rings. The van der Waals surface area contributed by atoms with Gasteiger partial charge >= 0.3 is 6.09 Å². The van der Waals surface area contributed by atoms with Crippen molar-refractivity contribution >= 4 is 23.6 Å². The predicted octanol–water partition coefficient (Wildman–Crippen LogP) is 6.40. The fourth-order valence-corrected chi connectivity index (χ4v) is 3.19. The van der Waals surface area contributed by atoms with Crippen molar-refractivity contribution in [3.05, 3.63) is 70.8 Å². The highest BCUT2D eigenvalue weighted by Gasteiger charge is 2.19. The van der Waals surface area contributed by atoms with Gasteiger partial charge in [0.05, 0.1) is 12.6 Å². The van der Waals surface area contributed by atoms with Crippen molar-refractivity contribution in [2.24, 2.45) is 0 Å². The number of benzene rings is 2. The summed E-state index contributed by atoms with van der Waals surface area (Å²) >= 11 is 6.10. The molecule has 0 aromatic heterocycles. The summed E-state index contributed by atoms with van der Waals surface area (Å²) in [4.78, 5) is 12.3. The highest BCUT2D eigenvalue weighted by molar-refractivity contribution is 6.30. The molecule has 0 fully saturated rings. The van der Waals surface area contributed by atoms with Crippen molar-refractivity contribution in [3.8, 4) is 11.1 Å². The molecular formula is C25H31ClN2O3. The second kappa shape index (κ2) is 11.0. The molecule has 2 rings (SSSR count). The summed E-state index contributed by atoms with van der Waals surface area (Å²) in [5.41, 5.74) is 3.21. The highest BCUT2D eigenvalue weighted by atomic mass is 35.5. The number of alkyl carbamates (subject to hydrolysis) is 1. The van der Waals surface area contributed by atoms with E-state index < -0.39 is 11.7 Å². The van der Waals surface area contributed by atoms with Gasteiger partial charge in [-0.25, -0.2) is 4.79 Å². The Morgan fingerprint density at radius 1 is 1.16 bits per heavy atom. The average Bonchev–Trinajstić information content (AvgIpc) is 2.67. The van der Waals surface area contributed by atoms with E-state index in [1.54, 1.807) is 6.92 Å². The number of carbonyl (C=O) groups is 1. The molecule has 0 saturated carbocycles. The van der Waals surface area contributed by atoms with Crippen LogP contribution in [-0.4, -0.2) is 30.2 Å². The monoisotopic (exact) mass is 442 g/mol. The quantitative estimate of drug-likeness (QED) is 0.384. The molecule has 1 atom stereocenters. The molecule has 0 saturated heterocycles. The van der Waals surface area contributed by atoms with Crippen LogP contribution in [0.1, 0.15) is 40.2 Å². The molecule has 0 radical (unpaired) electrons. The molecule has 0 aliphatic heterocycles. The van der Waals surface area contributed by atoms with E-state index in [-0.39, 0.29) is 11.9 Å². The van der Waals surface area contributed by atoms with Gasteiger partial charge in [0, 0.05) is 10.6 Å². The van der Waals surface area contributed by atoms with Gasteiger partial charge in [-0.2, -0.15) is 0 Å². The molecule has 6 heteroatoms. The van der Waals surface area contributed by atoms with Gasteiger partial charge in [-0.05, 0) is 69.9 Å². The minimum absolute atomic E-state index is 0.0924. The van der Waals surface area contributed by atoms with Crippen LogP contribution in [0.5, 0.6) is 0 Å². The van der Waals surface area contributed by atoms with E-state index >= 15 is 0 Å². The lowest BCUT2D eigenvalue weighted by Gasteiger charge is -2.23. The number of amides is 1. The molecule has 0 aliphatic carbocycles. The Morgan fingerprint density at radius 3 is 2.42 bits per heavy atom. The molecule has 0 bridgehead atoms. The van der Waals surface area contributed by atoms with Crippen LogP contribution in [0.2, 0.25) is 5.02 Å². The number of hydrogen-bond donors (Lipinski definition) is 2. The van der Waals surface area contributed by atoms with E-state index in [1.165, 1.54) is 0 Å². The lowest BCUT2D eigenvalue weighted by atomic mass is 9.99. The van der Waals surface area contributed by atoms with E-state index in [0.717, 1.165) is 16.7 Å². The first-order valence-corrected chi connectivity index (χ1v) is 10.7. The molecule has 0 unspecified atom stereocenters. The van der Waals surface area contributed by atoms with E-state index in [1.807, 2.05) is 82.3 Å². The Morgan fingerprint density at radius 2 is 1.84 bits per heavy atom. The normalized spacial score (nSPS) is 12.8. The molecule has 1 amide bonds. The topological polar surface area (TPSA) is 71.4 Å². The first-order valence-electron chi connectivity index (χ1n) is 10.3. The molecule has 2 aromatic rings. The van der Waals surface area contributed by atoms with Crippen LogP contribution in [0.15, 0.2) is 60.2 Å². The molecule has 166 valence electrons. The SMILES string of the molecule is CCOC(=N)/C(C)=C/[C@@H](Cc1ccc(-c2cccc(Cl)c2)cc1)NC(=O)OC(C)(C)C. The van der Waals surface area contributed by atoms with Crippen LogP contribution in [0.4, 0.5) is 4.79 Å². The summed E-state index contributed by atoms with van der Waals surface area (Å²) in [6.45, 7) is 9.51. The second-order valence-corrected chi connectivity index (χ2v) is 8.71. The predicted molar refractivity (Wildman–Crippen MR) is 127 cm³/mol. The zero-order chi connectivity index (χ0) is 23.0. The minimum atomic E-state index is -0.593. The third-order valence-corrected chi connectivity index (χ3v) is 4.60. The zero-order valence-corrected chi connectivity index (χ0v) is 19.5. The Bertz CT molecular complexity index is 931. The van der Waals surface area contributed by atoms with Crippen molar-refractivity contribution in [2.45, 2.75) is 52.7 Å². The largest absolute Gasteiger partial charge is 0.478 e. The smallest absolute Gasteiger partial charge is 0.408 e. The van der Waals surface area contributed by atoms with Crippen molar-refractivity contribution in [3.63, 3.8) is 0 Å². The fourth-order valence-electron chi connectivity index (χ4n) is 3.00. The van der Waals surface area contributed by atoms with Gasteiger partial charge in [0.15, 0.2) is 0 Å². The van der Waals surface area contributed by atoms with Gasteiger partial charge < -0.3 is 14.8 Å². The molecule has 2 aromatic carbocycles. The molecule has 0 spiro atoms. The van der Waals surface area contributed by atoms with Crippen molar-refractivity contribution in [1.82, 2.24) is 5.32 Å². The number of hydrogen-bond acceptors (Lipinski definition) is 4. The maximum atomic E-state index is 12.3. The van der Waals surface area contributed by atoms with E-state index in [0.29, 0.717) is 23.6 Å². The zero-order valence-electron chi connectivity index (χ0n) is 18.8. The number of nitrogens with one attached hydrogen (secondary N) is 2. The summed E-state index contributed by atoms with van der Waals surface area (Å²) in [7, 11) is 0. The van der Waals surface area contributed by atoms with E-state index in [4.69, 9.17) is 26.5 Å². The molecular weight excluding hydrogens is 412 g/mol. The van der Waals surface area contributed by atoms with Crippen LogP contribution in [0.25, 0.3) is 11.1 Å².